The molecule has 2 aromatic carbocycles. The minimum absolute atomic E-state index is 0.00547. The van der Waals surface area contributed by atoms with Gasteiger partial charge < -0.3 is 14.2 Å². The number of carbonyl (C=O) groups is 3. The highest BCUT2D eigenvalue weighted by Gasteiger charge is 2.67. The quantitative estimate of drug-likeness (QED) is 0.526. The van der Waals surface area contributed by atoms with Gasteiger partial charge in [-0.25, -0.2) is 9.59 Å². The van der Waals surface area contributed by atoms with E-state index in [0.29, 0.717) is 18.0 Å². The summed E-state index contributed by atoms with van der Waals surface area (Å²) < 4.78 is 17.0. The minimum atomic E-state index is -0.597. The monoisotopic (exact) mass is 435 g/mol. The van der Waals surface area contributed by atoms with E-state index in [-0.39, 0.29) is 22.9 Å². The van der Waals surface area contributed by atoms with E-state index in [4.69, 9.17) is 14.2 Å². The summed E-state index contributed by atoms with van der Waals surface area (Å²) >= 11 is 0. The molecule has 5 atom stereocenters. The zero-order valence-corrected chi connectivity index (χ0v) is 18.0. The lowest BCUT2D eigenvalue weighted by Crippen LogP contribution is -2.83. The van der Waals surface area contributed by atoms with Crippen LogP contribution < -0.4 is 4.74 Å². The molecule has 7 heteroatoms. The molecule has 0 N–H and O–H groups in total. The number of hydrogen-bond donors (Lipinski definition) is 0. The van der Waals surface area contributed by atoms with Crippen LogP contribution in [-0.4, -0.2) is 52.6 Å². The molecule has 0 bridgehead atoms. The smallest absolute Gasteiger partial charge is 0.342 e. The third-order valence-electron chi connectivity index (χ3n) is 6.82. The first-order chi connectivity index (χ1) is 15.4. The van der Waals surface area contributed by atoms with Crippen LogP contribution in [0.1, 0.15) is 53.8 Å². The number of rotatable bonds is 5. The molecule has 0 spiro atoms. The van der Waals surface area contributed by atoms with Gasteiger partial charge in [0.25, 0.3) is 0 Å². The molecular formula is C25H25NO6. The summed E-state index contributed by atoms with van der Waals surface area (Å²) in [6, 6.07) is 15.6. The van der Waals surface area contributed by atoms with Gasteiger partial charge in [-0.3, -0.25) is 9.69 Å². The number of para-hydroxylation sites is 1. The number of piperidine rings is 2. The maximum absolute atomic E-state index is 13.1. The molecule has 3 heterocycles. The van der Waals surface area contributed by atoms with Crippen LogP contribution in [0.4, 0.5) is 0 Å². The van der Waals surface area contributed by atoms with E-state index in [9.17, 15) is 14.4 Å². The molecular weight excluding hydrogens is 410 g/mol. The van der Waals surface area contributed by atoms with Crippen LogP contribution in [0.2, 0.25) is 0 Å². The number of esters is 3. The van der Waals surface area contributed by atoms with E-state index in [1.54, 1.807) is 48.5 Å². The van der Waals surface area contributed by atoms with Gasteiger partial charge in [-0.2, -0.15) is 0 Å². The van der Waals surface area contributed by atoms with Crippen molar-refractivity contribution >= 4 is 17.9 Å². The van der Waals surface area contributed by atoms with Gasteiger partial charge in [0.2, 0.25) is 0 Å². The number of nitrogens with zero attached hydrogens (tertiary/aromatic N) is 1. The Balaban J connectivity index is 1.38. The molecule has 1 unspecified atom stereocenters. The normalized spacial score (nSPS) is 30.2. The van der Waals surface area contributed by atoms with Gasteiger partial charge in [0.05, 0.1) is 11.6 Å². The highest BCUT2D eigenvalue weighted by atomic mass is 16.6. The van der Waals surface area contributed by atoms with Gasteiger partial charge >= 0.3 is 17.9 Å². The van der Waals surface area contributed by atoms with Crippen LogP contribution in [0.15, 0.2) is 54.6 Å². The average Bonchev–Trinajstić information content (AvgIpc) is 2.75. The Hall–Kier alpha value is -3.19. The second-order valence-electron chi connectivity index (χ2n) is 9.04. The highest BCUT2D eigenvalue weighted by molar-refractivity contribution is 5.93. The molecule has 0 saturated carbocycles. The van der Waals surface area contributed by atoms with Crippen molar-refractivity contribution in [2.24, 2.45) is 0 Å². The summed E-state index contributed by atoms with van der Waals surface area (Å²) in [4.78, 5) is 39.7. The third-order valence-corrected chi connectivity index (χ3v) is 6.82. The van der Waals surface area contributed by atoms with Crippen LogP contribution >= 0.6 is 0 Å². The molecule has 0 amide bonds. The van der Waals surface area contributed by atoms with Crippen molar-refractivity contribution in [3.8, 4) is 5.75 Å². The Morgan fingerprint density at radius 1 is 0.938 bits per heavy atom. The molecule has 166 valence electrons. The molecule has 32 heavy (non-hydrogen) atoms. The van der Waals surface area contributed by atoms with E-state index >= 15 is 0 Å². The standard InChI is InChI=1S/C25H25NO6/c1-15(27)30-20-11-7-6-10-18(20)24(29)32-22-19-14-25(2)13-17(26(19)25)12-21(22)31-23(28)16-8-4-3-5-9-16/h3-11,17,19,21-22H,12-14H2,1-2H3/t17-,19-,21+,22-,25?/m1/s1. The lowest BCUT2D eigenvalue weighted by molar-refractivity contribution is -0.263. The molecule has 3 aliphatic rings. The highest BCUT2D eigenvalue weighted by Crippen LogP contribution is 2.57. The Labute approximate surface area is 186 Å². The molecule has 7 nitrogen and oxygen atoms in total. The van der Waals surface area contributed by atoms with E-state index in [2.05, 4.69) is 11.8 Å². The van der Waals surface area contributed by atoms with Crippen LogP contribution in [-0.2, 0) is 14.3 Å². The predicted octanol–water partition coefficient (Wildman–Crippen LogP) is 3.37. The molecule has 5 rings (SSSR count). The second kappa shape index (κ2) is 7.74. The molecule has 2 aromatic rings. The second-order valence-corrected chi connectivity index (χ2v) is 9.04. The lowest BCUT2D eigenvalue weighted by atomic mass is 9.59. The molecule has 3 saturated heterocycles. The van der Waals surface area contributed by atoms with Crippen molar-refractivity contribution in [2.45, 2.75) is 62.9 Å². The van der Waals surface area contributed by atoms with Gasteiger partial charge in [0.1, 0.15) is 17.4 Å². The summed E-state index contributed by atoms with van der Waals surface area (Å²) in [6.07, 6.45) is 1.42. The minimum Gasteiger partial charge on any atom is -0.455 e. The first kappa shape index (κ1) is 20.7. The van der Waals surface area contributed by atoms with Crippen molar-refractivity contribution in [1.82, 2.24) is 4.90 Å². The summed E-state index contributed by atoms with van der Waals surface area (Å²) in [7, 11) is 0. The van der Waals surface area contributed by atoms with E-state index in [0.717, 1.165) is 12.8 Å². The lowest BCUT2D eigenvalue weighted by Gasteiger charge is -2.73. The molecule has 0 aliphatic carbocycles. The Morgan fingerprint density at radius 2 is 1.66 bits per heavy atom. The fourth-order valence-electron chi connectivity index (χ4n) is 5.57. The van der Waals surface area contributed by atoms with Crippen LogP contribution in [0, 0.1) is 0 Å². The van der Waals surface area contributed by atoms with E-state index in [1.807, 2.05) is 6.07 Å². The SMILES string of the molecule is CC(=O)Oc1ccccc1C(=O)O[C@H]1[C@@H](OC(=O)c2ccccc2)C[C@@H]2CC3(C)C[C@H]1N23. The fourth-order valence-corrected chi connectivity index (χ4v) is 5.57. The van der Waals surface area contributed by atoms with Gasteiger partial charge in [-0.15, -0.1) is 0 Å². The molecule has 3 fully saturated rings. The van der Waals surface area contributed by atoms with Crippen molar-refractivity contribution in [3.05, 3.63) is 65.7 Å². The zero-order valence-electron chi connectivity index (χ0n) is 18.0. The van der Waals surface area contributed by atoms with Gasteiger partial charge in [-0.05, 0) is 44.0 Å². The van der Waals surface area contributed by atoms with E-state index in [1.165, 1.54) is 6.92 Å². The molecule has 0 aromatic heterocycles. The van der Waals surface area contributed by atoms with Gasteiger partial charge in [0, 0.05) is 24.9 Å². The number of carbonyl (C=O) groups excluding carboxylic acids is 3. The molecule has 0 radical (unpaired) electrons. The zero-order chi connectivity index (χ0) is 22.5. The van der Waals surface area contributed by atoms with Crippen LogP contribution in [0.3, 0.4) is 0 Å². The summed E-state index contributed by atoms with van der Waals surface area (Å²) in [5.41, 5.74) is 0.778. The third kappa shape index (κ3) is 3.46. The average molecular weight is 435 g/mol. The van der Waals surface area contributed by atoms with Crippen molar-refractivity contribution in [2.75, 3.05) is 0 Å². The predicted molar refractivity (Wildman–Crippen MR) is 114 cm³/mol. The summed E-state index contributed by atoms with van der Waals surface area (Å²) in [5.74, 6) is -1.39. The van der Waals surface area contributed by atoms with Gasteiger partial charge in [0.15, 0.2) is 6.10 Å². The van der Waals surface area contributed by atoms with Crippen molar-refractivity contribution in [3.63, 3.8) is 0 Å². The van der Waals surface area contributed by atoms with Crippen LogP contribution in [0.5, 0.6) is 5.75 Å². The van der Waals surface area contributed by atoms with Crippen molar-refractivity contribution in [1.29, 1.82) is 0 Å². The van der Waals surface area contributed by atoms with Crippen molar-refractivity contribution < 1.29 is 28.6 Å². The van der Waals surface area contributed by atoms with Gasteiger partial charge in [-0.1, -0.05) is 30.3 Å². The van der Waals surface area contributed by atoms with E-state index < -0.39 is 30.1 Å². The Bertz CT molecular complexity index is 1070. The first-order valence-corrected chi connectivity index (χ1v) is 10.9. The number of ether oxygens (including phenoxy) is 3. The topological polar surface area (TPSA) is 82.1 Å². The Morgan fingerprint density at radius 3 is 2.38 bits per heavy atom. The molecule has 3 aliphatic heterocycles. The maximum atomic E-state index is 13.1. The Kier molecular flexibility index (Phi) is 5.01. The number of hydrogen-bond acceptors (Lipinski definition) is 7. The largest absolute Gasteiger partial charge is 0.455 e. The summed E-state index contributed by atoms with van der Waals surface area (Å²) in [6.45, 7) is 3.49. The fraction of sp³-hybridized carbons (Fsp3) is 0.400. The number of benzene rings is 2. The first-order valence-electron chi connectivity index (χ1n) is 10.9. The summed E-state index contributed by atoms with van der Waals surface area (Å²) in [5, 5.41) is 0. The van der Waals surface area contributed by atoms with Crippen LogP contribution in [0.25, 0.3) is 0 Å². The maximum Gasteiger partial charge on any atom is 0.342 e.